The van der Waals surface area contributed by atoms with Crippen molar-refractivity contribution in [2.75, 3.05) is 31.7 Å². The van der Waals surface area contributed by atoms with E-state index in [2.05, 4.69) is 17.2 Å². The van der Waals surface area contributed by atoms with Gasteiger partial charge in [-0.3, -0.25) is 0 Å². The minimum atomic E-state index is -0.251. The highest BCUT2D eigenvalue weighted by Gasteiger charge is 2.01. The Kier molecular flexibility index (Phi) is 8.10. The van der Waals surface area contributed by atoms with E-state index < -0.39 is 0 Å². The molecule has 0 aliphatic heterocycles. The van der Waals surface area contributed by atoms with Crippen molar-refractivity contribution in [3.8, 4) is 0 Å². The van der Waals surface area contributed by atoms with Gasteiger partial charge in [0.2, 0.25) is 0 Å². The number of nitrogens with one attached hydrogen (secondary N) is 2. The van der Waals surface area contributed by atoms with Crippen molar-refractivity contribution in [1.29, 1.82) is 0 Å². The molecular weight excluding hydrogens is 256 g/mol. The number of ether oxygens (including phenoxy) is 2. The van der Waals surface area contributed by atoms with Gasteiger partial charge in [-0.25, -0.2) is 4.79 Å². The number of carbonyl (C=O) groups is 1. The molecule has 0 bridgehead atoms. The minimum absolute atomic E-state index is 0.251. The van der Waals surface area contributed by atoms with Crippen molar-refractivity contribution >= 4 is 11.7 Å². The minimum Gasteiger partial charge on any atom is -0.379 e. The summed E-state index contributed by atoms with van der Waals surface area (Å²) in [6.07, 6.45) is 1.63. The van der Waals surface area contributed by atoms with Gasteiger partial charge < -0.3 is 20.1 Å². The van der Waals surface area contributed by atoms with Crippen molar-refractivity contribution in [1.82, 2.24) is 5.32 Å². The van der Waals surface area contributed by atoms with E-state index in [1.807, 2.05) is 31.2 Å². The van der Waals surface area contributed by atoms with E-state index in [1.165, 1.54) is 0 Å². The molecule has 20 heavy (non-hydrogen) atoms. The Morgan fingerprint density at radius 3 is 2.90 bits per heavy atom. The molecule has 0 aromatic heterocycles. The summed E-state index contributed by atoms with van der Waals surface area (Å²) in [6.45, 7) is 8.28. The first-order valence-electron chi connectivity index (χ1n) is 6.66. The SMILES string of the molecule is C=CCNC(=O)Nc1cccc(COCCOCC)c1. The zero-order chi connectivity index (χ0) is 14.6. The van der Waals surface area contributed by atoms with Crippen LogP contribution in [0.5, 0.6) is 0 Å². The summed E-state index contributed by atoms with van der Waals surface area (Å²) < 4.78 is 10.7. The third-order valence-electron chi connectivity index (χ3n) is 2.44. The Labute approximate surface area is 120 Å². The van der Waals surface area contributed by atoms with Crippen molar-refractivity contribution in [3.63, 3.8) is 0 Å². The van der Waals surface area contributed by atoms with Crippen LogP contribution in [0.4, 0.5) is 10.5 Å². The molecule has 0 heterocycles. The predicted molar refractivity (Wildman–Crippen MR) is 79.8 cm³/mol. The average molecular weight is 278 g/mol. The summed E-state index contributed by atoms with van der Waals surface area (Å²) >= 11 is 0. The Balaban J connectivity index is 2.37. The van der Waals surface area contributed by atoms with E-state index in [4.69, 9.17) is 9.47 Å². The molecule has 2 amide bonds. The van der Waals surface area contributed by atoms with Crippen LogP contribution in [-0.4, -0.2) is 32.4 Å². The molecule has 2 N–H and O–H groups in total. The summed E-state index contributed by atoms with van der Waals surface area (Å²) in [5.41, 5.74) is 1.74. The predicted octanol–water partition coefficient (Wildman–Crippen LogP) is 2.55. The fraction of sp³-hybridized carbons (Fsp3) is 0.400. The molecule has 110 valence electrons. The monoisotopic (exact) mass is 278 g/mol. The summed E-state index contributed by atoms with van der Waals surface area (Å²) in [5.74, 6) is 0. The Morgan fingerprint density at radius 1 is 1.35 bits per heavy atom. The lowest BCUT2D eigenvalue weighted by Gasteiger charge is -2.08. The van der Waals surface area contributed by atoms with Crippen molar-refractivity contribution < 1.29 is 14.3 Å². The lowest BCUT2D eigenvalue weighted by molar-refractivity contribution is 0.0453. The van der Waals surface area contributed by atoms with Gasteiger partial charge in [0.05, 0.1) is 19.8 Å². The molecule has 0 atom stereocenters. The topological polar surface area (TPSA) is 59.6 Å². The number of amides is 2. The molecule has 0 saturated heterocycles. The molecule has 1 aromatic carbocycles. The van der Waals surface area contributed by atoms with Gasteiger partial charge in [0.1, 0.15) is 0 Å². The third kappa shape index (κ3) is 6.92. The van der Waals surface area contributed by atoms with Crippen LogP contribution in [0, 0.1) is 0 Å². The van der Waals surface area contributed by atoms with E-state index in [0.717, 1.165) is 11.3 Å². The lowest BCUT2D eigenvalue weighted by Crippen LogP contribution is -2.28. The molecule has 0 fully saturated rings. The number of hydrogen-bond donors (Lipinski definition) is 2. The fourth-order valence-corrected chi connectivity index (χ4v) is 1.53. The Morgan fingerprint density at radius 2 is 2.15 bits per heavy atom. The van der Waals surface area contributed by atoms with Gasteiger partial charge in [-0.05, 0) is 24.6 Å². The highest BCUT2D eigenvalue weighted by atomic mass is 16.5. The Hall–Kier alpha value is -1.85. The van der Waals surface area contributed by atoms with Gasteiger partial charge in [0.15, 0.2) is 0 Å². The summed E-state index contributed by atoms with van der Waals surface area (Å²) in [7, 11) is 0. The largest absolute Gasteiger partial charge is 0.379 e. The molecule has 0 aliphatic carbocycles. The maximum Gasteiger partial charge on any atom is 0.319 e. The summed E-state index contributed by atoms with van der Waals surface area (Å²) in [4.78, 5) is 11.5. The summed E-state index contributed by atoms with van der Waals surface area (Å²) in [5, 5.41) is 5.40. The number of hydrogen-bond acceptors (Lipinski definition) is 3. The van der Waals surface area contributed by atoms with Crippen LogP contribution in [0.3, 0.4) is 0 Å². The highest BCUT2D eigenvalue weighted by molar-refractivity contribution is 5.89. The molecule has 5 heteroatoms. The third-order valence-corrected chi connectivity index (χ3v) is 2.44. The van der Waals surface area contributed by atoms with Crippen LogP contribution in [0.2, 0.25) is 0 Å². The van der Waals surface area contributed by atoms with Gasteiger partial charge in [-0.15, -0.1) is 6.58 Å². The van der Waals surface area contributed by atoms with Crippen LogP contribution in [-0.2, 0) is 16.1 Å². The van der Waals surface area contributed by atoms with Gasteiger partial charge in [0.25, 0.3) is 0 Å². The normalized spacial score (nSPS) is 10.1. The zero-order valence-corrected chi connectivity index (χ0v) is 11.9. The molecule has 5 nitrogen and oxygen atoms in total. The van der Waals surface area contributed by atoms with Crippen LogP contribution in [0.25, 0.3) is 0 Å². The first kappa shape index (κ1) is 16.2. The molecule has 0 radical (unpaired) electrons. The van der Waals surface area contributed by atoms with E-state index in [0.29, 0.717) is 33.0 Å². The van der Waals surface area contributed by atoms with E-state index in [9.17, 15) is 4.79 Å². The first-order chi connectivity index (χ1) is 9.76. The van der Waals surface area contributed by atoms with E-state index in [1.54, 1.807) is 6.08 Å². The van der Waals surface area contributed by atoms with Gasteiger partial charge in [-0.2, -0.15) is 0 Å². The fourth-order valence-electron chi connectivity index (χ4n) is 1.53. The molecule has 1 aromatic rings. The average Bonchev–Trinajstić information content (AvgIpc) is 2.45. The summed E-state index contributed by atoms with van der Waals surface area (Å²) in [6, 6.07) is 7.29. The van der Waals surface area contributed by atoms with E-state index in [-0.39, 0.29) is 6.03 Å². The van der Waals surface area contributed by atoms with Gasteiger partial charge >= 0.3 is 6.03 Å². The van der Waals surface area contributed by atoms with Crippen molar-refractivity contribution in [2.24, 2.45) is 0 Å². The number of carbonyl (C=O) groups excluding carboxylic acids is 1. The van der Waals surface area contributed by atoms with Crippen LogP contribution >= 0.6 is 0 Å². The molecule has 1 rings (SSSR count). The molecule has 0 aliphatic rings. The molecule has 0 unspecified atom stereocenters. The van der Waals surface area contributed by atoms with Gasteiger partial charge in [0, 0.05) is 18.8 Å². The number of anilines is 1. The van der Waals surface area contributed by atoms with E-state index >= 15 is 0 Å². The molecule has 0 saturated carbocycles. The van der Waals surface area contributed by atoms with Crippen molar-refractivity contribution in [3.05, 3.63) is 42.5 Å². The quantitative estimate of drug-likeness (QED) is 0.539. The standard InChI is InChI=1S/C15H22N2O3/c1-3-8-16-15(18)17-14-7-5-6-13(11-14)12-20-10-9-19-4-2/h3,5-7,11H,1,4,8-10,12H2,2H3,(H2,16,17,18). The zero-order valence-electron chi connectivity index (χ0n) is 11.9. The number of rotatable bonds is 9. The van der Waals surface area contributed by atoms with Gasteiger partial charge in [-0.1, -0.05) is 18.2 Å². The first-order valence-corrected chi connectivity index (χ1v) is 6.66. The molecule has 0 spiro atoms. The maximum atomic E-state index is 11.5. The van der Waals surface area contributed by atoms with Crippen molar-refractivity contribution in [2.45, 2.75) is 13.5 Å². The molecular formula is C15H22N2O3. The second kappa shape index (κ2) is 10.00. The van der Waals surface area contributed by atoms with Crippen LogP contribution in [0.1, 0.15) is 12.5 Å². The second-order valence-electron chi connectivity index (χ2n) is 4.07. The smallest absolute Gasteiger partial charge is 0.319 e. The lowest BCUT2D eigenvalue weighted by atomic mass is 10.2. The Bertz CT molecular complexity index is 421. The second-order valence-corrected chi connectivity index (χ2v) is 4.07. The van der Waals surface area contributed by atoms with Crippen LogP contribution in [0.15, 0.2) is 36.9 Å². The highest BCUT2D eigenvalue weighted by Crippen LogP contribution is 2.11. The number of benzene rings is 1. The number of urea groups is 1. The maximum absolute atomic E-state index is 11.5. The van der Waals surface area contributed by atoms with Crippen LogP contribution < -0.4 is 10.6 Å².